The van der Waals surface area contributed by atoms with Gasteiger partial charge in [-0.25, -0.2) is 0 Å². The van der Waals surface area contributed by atoms with Crippen LogP contribution in [-0.4, -0.2) is 14.7 Å². The smallest absolute Gasteiger partial charge is 0.258 e. The first kappa shape index (κ1) is 28.5. The fourth-order valence-corrected chi connectivity index (χ4v) is 6.63. The summed E-state index contributed by atoms with van der Waals surface area (Å²) in [6.07, 6.45) is 0. The van der Waals surface area contributed by atoms with Gasteiger partial charge >= 0.3 is 0 Å². The number of hydrogen-bond donors (Lipinski definition) is 0. The Hall–Kier alpha value is -6.72. The van der Waals surface area contributed by atoms with E-state index in [1.165, 1.54) is 16.3 Å². The molecule has 0 radical (unpaired) electrons. The van der Waals surface area contributed by atoms with Gasteiger partial charge in [0, 0.05) is 44.6 Å². The molecule has 5 heteroatoms. The van der Waals surface area contributed by atoms with Crippen molar-refractivity contribution in [3.8, 4) is 39.7 Å². The van der Waals surface area contributed by atoms with Gasteiger partial charge in [0.1, 0.15) is 0 Å². The van der Waals surface area contributed by atoms with E-state index in [0.29, 0.717) is 11.7 Å². The van der Waals surface area contributed by atoms with Crippen LogP contribution in [0.15, 0.2) is 187 Å². The lowest BCUT2D eigenvalue weighted by Gasteiger charge is -2.25. The highest BCUT2D eigenvalue weighted by molar-refractivity contribution is 6.10. The van der Waals surface area contributed by atoms with Crippen LogP contribution < -0.4 is 4.90 Å². The van der Waals surface area contributed by atoms with Crippen LogP contribution in [0.1, 0.15) is 0 Å². The number of rotatable bonds is 7. The van der Waals surface area contributed by atoms with Gasteiger partial charge in [-0.15, -0.1) is 0 Å². The number of benzene rings is 7. The van der Waals surface area contributed by atoms with Gasteiger partial charge in [0.2, 0.25) is 5.82 Å². The largest absolute Gasteiger partial charge is 0.334 e. The zero-order chi connectivity index (χ0) is 32.6. The SMILES string of the molecule is c1ccc(-c2nc(-c3ccc(-c4ccc(-n5c6ccccc6c6cc(N(c7ccccc7)c7ccccc7)ccc65)cc4)cc3)no2)cc1. The third-order valence-corrected chi connectivity index (χ3v) is 8.99. The van der Waals surface area contributed by atoms with E-state index in [-0.39, 0.29) is 0 Å². The predicted molar refractivity (Wildman–Crippen MR) is 200 cm³/mol. The fourth-order valence-electron chi connectivity index (χ4n) is 6.63. The molecule has 7 aromatic carbocycles. The summed E-state index contributed by atoms with van der Waals surface area (Å²) in [4.78, 5) is 6.92. The van der Waals surface area contributed by atoms with Gasteiger partial charge in [-0.1, -0.05) is 114 Å². The van der Waals surface area contributed by atoms with Crippen molar-refractivity contribution in [3.05, 3.63) is 182 Å². The lowest BCUT2D eigenvalue weighted by molar-refractivity contribution is 0.432. The molecule has 5 nitrogen and oxygen atoms in total. The molecule has 0 bridgehead atoms. The number of aromatic nitrogens is 3. The Morgan fingerprint density at radius 1 is 0.429 bits per heavy atom. The Morgan fingerprint density at radius 3 is 1.65 bits per heavy atom. The Balaban J connectivity index is 1.06. The normalized spacial score (nSPS) is 11.3. The molecular weight excluding hydrogens is 601 g/mol. The first-order valence-corrected chi connectivity index (χ1v) is 16.3. The maximum absolute atomic E-state index is 5.52. The molecule has 9 aromatic rings. The van der Waals surface area contributed by atoms with Crippen molar-refractivity contribution in [2.75, 3.05) is 4.90 Å². The van der Waals surface area contributed by atoms with Crippen molar-refractivity contribution in [1.29, 1.82) is 0 Å². The Morgan fingerprint density at radius 2 is 0.980 bits per heavy atom. The molecule has 0 saturated carbocycles. The highest BCUT2D eigenvalue weighted by Gasteiger charge is 2.17. The highest BCUT2D eigenvalue weighted by Crippen LogP contribution is 2.39. The number of nitrogens with zero attached hydrogens (tertiary/aromatic N) is 4. The molecule has 0 N–H and O–H groups in total. The molecule has 0 saturated heterocycles. The summed E-state index contributed by atoms with van der Waals surface area (Å²) in [5.74, 6) is 1.09. The van der Waals surface area contributed by atoms with Gasteiger partial charge in [-0.3, -0.25) is 0 Å². The van der Waals surface area contributed by atoms with Crippen molar-refractivity contribution in [2.24, 2.45) is 0 Å². The van der Waals surface area contributed by atoms with Crippen LogP contribution in [0.5, 0.6) is 0 Å². The van der Waals surface area contributed by atoms with Crippen LogP contribution in [0.4, 0.5) is 17.1 Å². The van der Waals surface area contributed by atoms with E-state index in [9.17, 15) is 0 Å². The summed E-state index contributed by atoms with van der Waals surface area (Å²) >= 11 is 0. The molecule has 232 valence electrons. The van der Waals surface area contributed by atoms with E-state index in [1.54, 1.807) is 0 Å². The molecule has 0 spiro atoms. The summed E-state index contributed by atoms with van der Waals surface area (Å²) in [5, 5.41) is 6.64. The molecule has 0 fully saturated rings. The molecule has 0 aliphatic carbocycles. The standard InChI is InChI=1S/C44H30N4O/c1-4-12-34(13-5-1)44-45-43(46-49-44)33-22-20-31(21-23-33)32-24-26-37(27-25-32)48-41-19-11-10-18-39(41)40-30-38(28-29-42(40)48)47(35-14-6-2-7-15-35)36-16-8-3-9-17-36/h1-30H. The quantitative estimate of drug-likeness (QED) is 0.176. The monoisotopic (exact) mass is 630 g/mol. The molecule has 0 aliphatic heterocycles. The Kier molecular flexibility index (Phi) is 7.06. The van der Waals surface area contributed by atoms with E-state index in [2.05, 4.69) is 159 Å². The zero-order valence-corrected chi connectivity index (χ0v) is 26.5. The lowest BCUT2D eigenvalue weighted by Crippen LogP contribution is -2.09. The van der Waals surface area contributed by atoms with Crippen LogP contribution >= 0.6 is 0 Å². The Bertz CT molecular complexity index is 2480. The maximum atomic E-state index is 5.52. The third-order valence-electron chi connectivity index (χ3n) is 8.99. The molecule has 0 aliphatic rings. The minimum atomic E-state index is 0.515. The number of hydrogen-bond acceptors (Lipinski definition) is 4. The summed E-state index contributed by atoms with van der Waals surface area (Å²) < 4.78 is 7.88. The van der Waals surface area contributed by atoms with E-state index >= 15 is 0 Å². The van der Waals surface area contributed by atoms with Gasteiger partial charge in [0.05, 0.1) is 11.0 Å². The summed E-state index contributed by atoms with van der Waals surface area (Å²) in [6, 6.07) is 63.4. The van der Waals surface area contributed by atoms with Crippen molar-refractivity contribution in [3.63, 3.8) is 0 Å². The van der Waals surface area contributed by atoms with Gasteiger partial charge in [-0.05, 0) is 83.9 Å². The fraction of sp³-hybridized carbons (Fsp3) is 0. The third kappa shape index (κ3) is 5.24. The van der Waals surface area contributed by atoms with Crippen molar-refractivity contribution in [1.82, 2.24) is 14.7 Å². The van der Waals surface area contributed by atoms with E-state index < -0.39 is 0 Å². The van der Waals surface area contributed by atoms with E-state index in [4.69, 9.17) is 4.52 Å². The average Bonchev–Trinajstić information content (AvgIpc) is 3.80. The molecule has 0 unspecified atom stereocenters. The minimum absolute atomic E-state index is 0.515. The van der Waals surface area contributed by atoms with Gasteiger partial charge < -0.3 is 14.0 Å². The van der Waals surface area contributed by atoms with Crippen LogP contribution in [0.2, 0.25) is 0 Å². The van der Waals surface area contributed by atoms with Gasteiger partial charge in [0.15, 0.2) is 0 Å². The second-order valence-electron chi connectivity index (χ2n) is 12.0. The van der Waals surface area contributed by atoms with Gasteiger partial charge in [0.25, 0.3) is 5.89 Å². The van der Waals surface area contributed by atoms with Gasteiger partial charge in [-0.2, -0.15) is 4.98 Å². The zero-order valence-electron chi connectivity index (χ0n) is 26.5. The van der Waals surface area contributed by atoms with E-state index in [1.807, 2.05) is 42.5 Å². The molecule has 9 rings (SSSR count). The second-order valence-corrected chi connectivity index (χ2v) is 12.0. The van der Waals surface area contributed by atoms with Crippen LogP contribution in [0.25, 0.3) is 61.5 Å². The summed E-state index contributed by atoms with van der Waals surface area (Å²) in [5.41, 5.74) is 10.9. The van der Waals surface area contributed by atoms with Crippen molar-refractivity contribution in [2.45, 2.75) is 0 Å². The highest BCUT2D eigenvalue weighted by atomic mass is 16.5. The average molecular weight is 631 g/mol. The minimum Gasteiger partial charge on any atom is -0.334 e. The first-order valence-electron chi connectivity index (χ1n) is 16.3. The number of fused-ring (bicyclic) bond motifs is 3. The van der Waals surface area contributed by atoms with Crippen molar-refractivity contribution >= 4 is 38.9 Å². The molecular formula is C44H30N4O. The predicted octanol–water partition coefficient (Wildman–Crippen LogP) is 11.6. The maximum Gasteiger partial charge on any atom is 0.258 e. The topological polar surface area (TPSA) is 47.1 Å². The van der Waals surface area contributed by atoms with Crippen LogP contribution in [0.3, 0.4) is 0 Å². The molecule has 2 aromatic heterocycles. The number of anilines is 3. The molecule has 0 atom stereocenters. The molecule has 2 heterocycles. The van der Waals surface area contributed by atoms with Crippen molar-refractivity contribution < 1.29 is 4.52 Å². The summed E-state index contributed by atoms with van der Waals surface area (Å²) in [6.45, 7) is 0. The molecule has 0 amide bonds. The number of para-hydroxylation sites is 3. The summed E-state index contributed by atoms with van der Waals surface area (Å²) in [7, 11) is 0. The van der Waals surface area contributed by atoms with Crippen LogP contribution in [0, 0.1) is 0 Å². The van der Waals surface area contributed by atoms with Crippen LogP contribution in [-0.2, 0) is 0 Å². The second kappa shape index (κ2) is 12.1. The molecule has 49 heavy (non-hydrogen) atoms. The Labute approximate surface area is 284 Å². The first-order chi connectivity index (χ1) is 24.3. The van der Waals surface area contributed by atoms with E-state index in [0.717, 1.165) is 50.5 Å². The lowest BCUT2D eigenvalue weighted by atomic mass is 10.0.